The molecule has 0 unspecified atom stereocenters. The van der Waals surface area contributed by atoms with E-state index in [0.29, 0.717) is 0 Å². The Balaban J connectivity index is 0. The van der Waals surface area contributed by atoms with Crippen LogP contribution in [0, 0.1) is 6.07 Å². The summed E-state index contributed by atoms with van der Waals surface area (Å²) in [5, 5.41) is 1.89. The molecule has 0 aromatic carbocycles. The van der Waals surface area contributed by atoms with Gasteiger partial charge in [0.25, 0.3) is 0 Å². The topological polar surface area (TPSA) is 0 Å². The molecule has 0 fully saturated rings. The normalized spacial score (nSPS) is 6.62. The van der Waals surface area contributed by atoms with Crippen LogP contribution in [0.3, 0.4) is 0 Å². The third-order valence-electron chi connectivity index (χ3n) is 0.436. The van der Waals surface area contributed by atoms with Gasteiger partial charge in [-0.25, -0.2) is 12.1 Å². The third kappa shape index (κ3) is 4.15. The predicted molar refractivity (Wildman–Crippen MR) is 33.9 cm³/mol. The fourth-order valence-electron chi connectivity index (χ4n) is 0.227. The van der Waals surface area contributed by atoms with Gasteiger partial charge in [0.15, 0.2) is 0 Å². The van der Waals surface area contributed by atoms with Crippen molar-refractivity contribution in [3.05, 3.63) is 21.8 Å². The van der Waals surface area contributed by atoms with Crippen molar-refractivity contribution >= 4 is 46.0 Å². The van der Waals surface area contributed by atoms with Gasteiger partial charge in [0.1, 0.15) is 0 Å². The van der Waals surface area contributed by atoms with Gasteiger partial charge in [-0.2, -0.15) is 5.38 Å². The molecule has 0 spiro atoms. The zero-order valence-electron chi connectivity index (χ0n) is 4.03. The second-order valence-electron chi connectivity index (χ2n) is 0.839. The quantitative estimate of drug-likeness (QED) is 0.383. The molecule has 0 saturated carbocycles. The van der Waals surface area contributed by atoms with E-state index in [4.69, 9.17) is 11.6 Å². The van der Waals surface area contributed by atoms with Gasteiger partial charge in [-0.1, -0.05) is 11.6 Å². The van der Waals surface area contributed by atoms with E-state index in [-0.39, 0.29) is 40.0 Å². The molecule has 1 aromatic heterocycles. The summed E-state index contributed by atoms with van der Waals surface area (Å²) in [7, 11) is 0. The molecule has 0 saturated heterocycles. The molecular formula is C4H2BrClMgS. The van der Waals surface area contributed by atoms with E-state index >= 15 is 0 Å². The van der Waals surface area contributed by atoms with E-state index in [1.54, 1.807) is 6.07 Å². The largest absolute Gasteiger partial charge is 2.00 e. The molecule has 4 heteroatoms. The Morgan fingerprint density at radius 1 is 1.62 bits per heavy atom. The third-order valence-corrected chi connectivity index (χ3v) is 1.41. The molecule has 0 aliphatic heterocycles. The van der Waals surface area contributed by atoms with Gasteiger partial charge in [-0.05, 0) is 4.34 Å². The number of halogens is 2. The molecule has 8 heavy (non-hydrogen) atoms. The Bertz CT molecular complexity index is 120. The fraction of sp³-hybridized carbons (Fsp3) is 0. The van der Waals surface area contributed by atoms with E-state index in [0.717, 1.165) is 4.34 Å². The van der Waals surface area contributed by atoms with Gasteiger partial charge in [0.2, 0.25) is 0 Å². The van der Waals surface area contributed by atoms with Crippen LogP contribution >= 0.6 is 22.9 Å². The van der Waals surface area contributed by atoms with Crippen LogP contribution in [0.25, 0.3) is 0 Å². The maximum Gasteiger partial charge on any atom is 2.00 e. The summed E-state index contributed by atoms with van der Waals surface area (Å²) in [4.78, 5) is 0. The number of rotatable bonds is 0. The summed E-state index contributed by atoms with van der Waals surface area (Å²) >= 11 is 6.91. The van der Waals surface area contributed by atoms with E-state index in [1.807, 2.05) is 5.38 Å². The smallest absolute Gasteiger partial charge is 1.00 e. The van der Waals surface area contributed by atoms with Crippen molar-refractivity contribution in [3.63, 3.8) is 0 Å². The molecular weight excluding hydrogens is 220 g/mol. The minimum Gasteiger partial charge on any atom is -1.00 e. The van der Waals surface area contributed by atoms with E-state index < -0.39 is 0 Å². The van der Waals surface area contributed by atoms with Crippen LogP contribution < -0.4 is 17.0 Å². The second-order valence-corrected chi connectivity index (χ2v) is 2.36. The zero-order valence-corrected chi connectivity index (χ0v) is 8.60. The van der Waals surface area contributed by atoms with Gasteiger partial charge in [-0.3, -0.25) is 11.3 Å². The van der Waals surface area contributed by atoms with Crippen LogP contribution in [0.2, 0.25) is 4.34 Å². The van der Waals surface area contributed by atoms with Gasteiger partial charge in [0, 0.05) is 0 Å². The Labute approximate surface area is 84.2 Å². The van der Waals surface area contributed by atoms with Crippen LogP contribution in [-0.2, 0) is 0 Å². The van der Waals surface area contributed by atoms with Crippen molar-refractivity contribution in [2.24, 2.45) is 0 Å². The van der Waals surface area contributed by atoms with Crippen LogP contribution in [0.5, 0.6) is 0 Å². The molecule has 0 amide bonds. The molecule has 0 aliphatic rings. The molecule has 0 atom stereocenters. The van der Waals surface area contributed by atoms with Crippen LogP contribution in [-0.4, -0.2) is 23.1 Å². The Kier molecular flexibility index (Phi) is 9.51. The Morgan fingerprint density at radius 2 is 2.25 bits per heavy atom. The molecule has 0 bridgehead atoms. The molecule has 0 radical (unpaired) electrons. The van der Waals surface area contributed by atoms with Crippen molar-refractivity contribution in [2.45, 2.75) is 0 Å². The SMILES string of the molecule is Clc1[c-]ccs1.[Br-].[Mg+2]. The molecule has 0 aliphatic carbocycles. The summed E-state index contributed by atoms with van der Waals surface area (Å²) in [5.41, 5.74) is 0. The first-order valence-corrected chi connectivity index (χ1v) is 2.76. The molecule has 40 valence electrons. The van der Waals surface area contributed by atoms with Crippen molar-refractivity contribution in [1.82, 2.24) is 0 Å². The number of hydrogen-bond acceptors (Lipinski definition) is 1. The van der Waals surface area contributed by atoms with Gasteiger partial charge >= 0.3 is 23.1 Å². The number of hydrogen-bond donors (Lipinski definition) is 0. The summed E-state index contributed by atoms with van der Waals surface area (Å²) in [5.74, 6) is 0. The van der Waals surface area contributed by atoms with E-state index in [2.05, 4.69) is 6.07 Å². The second kappa shape index (κ2) is 6.36. The first-order valence-electron chi connectivity index (χ1n) is 1.50. The van der Waals surface area contributed by atoms with Crippen molar-refractivity contribution in [1.29, 1.82) is 0 Å². The van der Waals surface area contributed by atoms with Gasteiger partial charge < -0.3 is 17.0 Å². The average molecular weight is 222 g/mol. The van der Waals surface area contributed by atoms with Crippen LogP contribution in [0.1, 0.15) is 0 Å². The summed E-state index contributed by atoms with van der Waals surface area (Å²) in [6.07, 6.45) is 0. The van der Waals surface area contributed by atoms with Crippen molar-refractivity contribution < 1.29 is 17.0 Å². The Morgan fingerprint density at radius 3 is 2.38 bits per heavy atom. The Hall–Kier alpha value is 1.24. The van der Waals surface area contributed by atoms with Crippen LogP contribution in [0.4, 0.5) is 0 Å². The minimum atomic E-state index is 0. The number of thiophene rings is 1. The summed E-state index contributed by atoms with van der Waals surface area (Å²) < 4.78 is 0.731. The molecule has 1 aromatic rings. The monoisotopic (exact) mass is 220 g/mol. The summed E-state index contributed by atoms with van der Waals surface area (Å²) in [6.45, 7) is 0. The average Bonchev–Trinajstić information content (AvgIpc) is 1.86. The van der Waals surface area contributed by atoms with Crippen molar-refractivity contribution in [2.75, 3.05) is 0 Å². The molecule has 1 heterocycles. The standard InChI is InChI=1S/C4H2ClS.BrH.Mg/c5-4-2-1-3-6-4;;/h1,3H;1H;/q-1;;+2/p-1. The first kappa shape index (κ1) is 12.0. The minimum absolute atomic E-state index is 0. The summed E-state index contributed by atoms with van der Waals surface area (Å²) in [6, 6.07) is 4.58. The zero-order chi connectivity index (χ0) is 4.41. The van der Waals surface area contributed by atoms with Crippen molar-refractivity contribution in [3.8, 4) is 0 Å². The van der Waals surface area contributed by atoms with E-state index in [1.165, 1.54) is 11.3 Å². The fourth-order valence-corrected chi connectivity index (χ4v) is 0.836. The van der Waals surface area contributed by atoms with Crippen LogP contribution in [0.15, 0.2) is 11.4 Å². The maximum absolute atomic E-state index is 5.42. The van der Waals surface area contributed by atoms with E-state index in [9.17, 15) is 0 Å². The van der Waals surface area contributed by atoms with Gasteiger partial charge in [-0.15, -0.1) is 0 Å². The molecule has 0 nitrogen and oxygen atoms in total. The molecule has 0 N–H and O–H groups in total. The first-order chi connectivity index (χ1) is 2.89. The molecule has 1 rings (SSSR count). The maximum atomic E-state index is 5.42. The predicted octanol–water partition coefficient (Wildman–Crippen LogP) is -1.18. The van der Waals surface area contributed by atoms with Gasteiger partial charge in [0.05, 0.1) is 0 Å².